The number of anilines is 1. The third-order valence-corrected chi connectivity index (χ3v) is 3.91. The molecule has 2 N–H and O–H groups in total. The van der Waals surface area contributed by atoms with Gasteiger partial charge in [-0.15, -0.1) is 0 Å². The molecule has 0 aliphatic carbocycles. The van der Waals surface area contributed by atoms with Crippen LogP contribution in [0.25, 0.3) is 0 Å². The molecule has 1 unspecified atom stereocenters. The molecule has 5 nitrogen and oxygen atoms in total. The van der Waals surface area contributed by atoms with E-state index in [0.29, 0.717) is 18.2 Å². The SMILES string of the molecule is CNc1ccncc1C(=O)NCC(C)N1CCCCC1. The van der Waals surface area contributed by atoms with E-state index in [2.05, 4.69) is 27.4 Å². The summed E-state index contributed by atoms with van der Waals surface area (Å²) < 4.78 is 0. The largest absolute Gasteiger partial charge is 0.387 e. The summed E-state index contributed by atoms with van der Waals surface area (Å²) in [6.45, 7) is 5.14. The van der Waals surface area contributed by atoms with Crippen molar-refractivity contribution in [3.8, 4) is 0 Å². The fraction of sp³-hybridized carbons (Fsp3) is 0.600. The van der Waals surface area contributed by atoms with E-state index in [1.807, 2.05) is 13.1 Å². The van der Waals surface area contributed by atoms with Crippen molar-refractivity contribution in [1.82, 2.24) is 15.2 Å². The van der Waals surface area contributed by atoms with Gasteiger partial charge in [-0.1, -0.05) is 6.42 Å². The molecule has 110 valence electrons. The lowest BCUT2D eigenvalue weighted by Gasteiger charge is -2.32. The van der Waals surface area contributed by atoms with Crippen molar-refractivity contribution >= 4 is 11.6 Å². The minimum Gasteiger partial charge on any atom is -0.387 e. The molecule has 0 aromatic carbocycles. The Balaban J connectivity index is 1.88. The number of nitrogens with zero attached hydrogens (tertiary/aromatic N) is 2. The summed E-state index contributed by atoms with van der Waals surface area (Å²) in [5.41, 5.74) is 1.41. The van der Waals surface area contributed by atoms with E-state index in [1.165, 1.54) is 19.3 Å². The van der Waals surface area contributed by atoms with Crippen LogP contribution in [0.2, 0.25) is 0 Å². The average molecular weight is 276 g/mol. The molecule has 1 atom stereocenters. The van der Waals surface area contributed by atoms with Crippen LogP contribution in [0.15, 0.2) is 18.5 Å². The molecule has 0 saturated carbocycles. The fourth-order valence-corrected chi connectivity index (χ4v) is 2.62. The zero-order valence-corrected chi connectivity index (χ0v) is 12.4. The van der Waals surface area contributed by atoms with Crippen LogP contribution in [0.3, 0.4) is 0 Å². The number of aromatic nitrogens is 1. The van der Waals surface area contributed by atoms with Crippen LogP contribution < -0.4 is 10.6 Å². The van der Waals surface area contributed by atoms with Crippen molar-refractivity contribution < 1.29 is 4.79 Å². The quantitative estimate of drug-likeness (QED) is 0.860. The first kappa shape index (κ1) is 14.8. The predicted octanol–water partition coefficient (Wildman–Crippen LogP) is 1.73. The number of carbonyl (C=O) groups excluding carboxylic acids is 1. The molecule has 1 aromatic rings. The first-order valence-corrected chi connectivity index (χ1v) is 7.36. The van der Waals surface area contributed by atoms with Gasteiger partial charge in [-0.25, -0.2) is 0 Å². The molecule has 0 bridgehead atoms. The van der Waals surface area contributed by atoms with Crippen LogP contribution in [-0.2, 0) is 0 Å². The van der Waals surface area contributed by atoms with Gasteiger partial charge in [0, 0.05) is 37.7 Å². The Morgan fingerprint density at radius 3 is 2.85 bits per heavy atom. The van der Waals surface area contributed by atoms with E-state index in [0.717, 1.165) is 18.8 Å². The van der Waals surface area contributed by atoms with Gasteiger partial charge in [-0.05, 0) is 38.9 Å². The molecular formula is C15H24N4O. The van der Waals surface area contributed by atoms with Crippen molar-refractivity contribution in [2.45, 2.75) is 32.2 Å². The first-order chi connectivity index (χ1) is 9.72. The Hall–Kier alpha value is -1.62. The van der Waals surface area contributed by atoms with Crippen molar-refractivity contribution in [3.05, 3.63) is 24.0 Å². The van der Waals surface area contributed by atoms with Gasteiger partial charge in [0.25, 0.3) is 5.91 Å². The van der Waals surface area contributed by atoms with Crippen LogP contribution in [0.4, 0.5) is 5.69 Å². The maximum Gasteiger partial charge on any atom is 0.255 e. The van der Waals surface area contributed by atoms with Crippen LogP contribution in [0, 0.1) is 0 Å². The number of nitrogens with one attached hydrogen (secondary N) is 2. The second kappa shape index (κ2) is 7.24. The number of carbonyl (C=O) groups is 1. The smallest absolute Gasteiger partial charge is 0.255 e. The predicted molar refractivity (Wildman–Crippen MR) is 81.0 cm³/mol. The number of piperidine rings is 1. The third-order valence-electron chi connectivity index (χ3n) is 3.91. The van der Waals surface area contributed by atoms with Crippen molar-refractivity contribution in [3.63, 3.8) is 0 Å². The van der Waals surface area contributed by atoms with Crippen LogP contribution in [-0.4, -0.2) is 48.5 Å². The number of pyridine rings is 1. The van der Waals surface area contributed by atoms with E-state index < -0.39 is 0 Å². The van der Waals surface area contributed by atoms with Gasteiger partial charge in [0.05, 0.1) is 5.56 Å². The summed E-state index contributed by atoms with van der Waals surface area (Å²) in [6.07, 6.45) is 7.15. The molecule has 0 spiro atoms. The minimum atomic E-state index is -0.0636. The van der Waals surface area contributed by atoms with Gasteiger partial charge in [-0.3, -0.25) is 14.7 Å². The monoisotopic (exact) mass is 276 g/mol. The second-order valence-corrected chi connectivity index (χ2v) is 5.33. The van der Waals surface area contributed by atoms with E-state index in [4.69, 9.17) is 0 Å². The highest BCUT2D eigenvalue weighted by Crippen LogP contribution is 2.13. The molecule has 1 aromatic heterocycles. The van der Waals surface area contributed by atoms with Gasteiger partial charge >= 0.3 is 0 Å². The summed E-state index contributed by atoms with van der Waals surface area (Å²) in [6, 6.07) is 2.19. The topological polar surface area (TPSA) is 57.3 Å². The molecule has 1 fully saturated rings. The Bertz CT molecular complexity index is 443. The molecule has 1 aliphatic rings. The molecular weight excluding hydrogens is 252 g/mol. The lowest BCUT2D eigenvalue weighted by molar-refractivity contribution is 0.0930. The Kier molecular flexibility index (Phi) is 5.35. The summed E-state index contributed by atoms with van der Waals surface area (Å²) in [4.78, 5) is 18.7. The number of amides is 1. The highest BCUT2D eigenvalue weighted by Gasteiger charge is 2.18. The Morgan fingerprint density at radius 1 is 1.40 bits per heavy atom. The molecule has 1 saturated heterocycles. The molecule has 5 heteroatoms. The van der Waals surface area contributed by atoms with E-state index in [9.17, 15) is 4.79 Å². The standard InChI is InChI=1S/C15H24N4O/c1-12(19-8-4-3-5-9-19)10-18-15(20)13-11-17-7-6-14(13)16-2/h6-7,11-12H,3-5,8-10H2,1-2H3,(H,16,17)(H,18,20). The van der Waals surface area contributed by atoms with Crippen molar-refractivity contribution in [2.75, 3.05) is 32.0 Å². The number of likely N-dealkylation sites (tertiary alicyclic amines) is 1. The van der Waals surface area contributed by atoms with E-state index in [-0.39, 0.29) is 5.91 Å². The zero-order valence-electron chi connectivity index (χ0n) is 12.4. The van der Waals surface area contributed by atoms with Crippen molar-refractivity contribution in [2.24, 2.45) is 0 Å². The van der Waals surface area contributed by atoms with Gasteiger partial charge in [-0.2, -0.15) is 0 Å². The highest BCUT2D eigenvalue weighted by molar-refractivity contribution is 5.99. The summed E-state index contributed by atoms with van der Waals surface area (Å²) in [5, 5.41) is 6.03. The maximum atomic E-state index is 12.2. The first-order valence-electron chi connectivity index (χ1n) is 7.36. The van der Waals surface area contributed by atoms with Gasteiger partial charge in [0.15, 0.2) is 0 Å². The van der Waals surface area contributed by atoms with Gasteiger partial charge < -0.3 is 10.6 Å². The lowest BCUT2D eigenvalue weighted by Crippen LogP contribution is -2.44. The van der Waals surface area contributed by atoms with Crippen molar-refractivity contribution in [1.29, 1.82) is 0 Å². The zero-order chi connectivity index (χ0) is 14.4. The molecule has 2 rings (SSSR count). The van der Waals surface area contributed by atoms with Gasteiger partial charge in [0.1, 0.15) is 0 Å². The summed E-state index contributed by atoms with van der Waals surface area (Å²) in [7, 11) is 1.81. The molecule has 2 heterocycles. The second-order valence-electron chi connectivity index (χ2n) is 5.33. The summed E-state index contributed by atoms with van der Waals surface area (Å²) >= 11 is 0. The minimum absolute atomic E-state index is 0.0636. The molecule has 1 aliphatic heterocycles. The Labute approximate surface area is 120 Å². The van der Waals surface area contributed by atoms with Crippen LogP contribution in [0.1, 0.15) is 36.5 Å². The maximum absolute atomic E-state index is 12.2. The number of rotatable bonds is 5. The highest BCUT2D eigenvalue weighted by atomic mass is 16.1. The third kappa shape index (κ3) is 3.70. The van der Waals surface area contributed by atoms with Crippen LogP contribution in [0.5, 0.6) is 0 Å². The molecule has 1 amide bonds. The molecule has 0 radical (unpaired) electrons. The van der Waals surface area contributed by atoms with Gasteiger partial charge in [0.2, 0.25) is 0 Å². The van der Waals surface area contributed by atoms with E-state index >= 15 is 0 Å². The lowest BCUT2D eigenvalue weighted by atomic mass is 10.1. The average Bonchev–Trinajstić information content (AvgIpc) is 2.53. The fourth-order valence-electron chi connectivity index (χ4n) is 2.62. The number of hydrogen-bond donors (Lipinski definition) is 2. The van der Waals surface area contributed by atoms with E-state index in [1.54, 1.807) is 12.4 Å². The molecule has 20 heavy (non-hydrogen) atoms. The number of hydrogen-bond acceptors (Lipinski definition) is 4. The van der Waals surface area contributed by atoms with Crippen LogP contribution >= 0.6 is 0 Å². The summed E-state index contributed by atoms with van der Waals surface area (Å²) in [5.74, 6) is -0.0636. The normalized spacial score (nSPS) is 17.5. The Morgan fingerprint density at radius 2 is 2.15 bits per heavy atom.